The van der Waals surface area contributed by atoms with E-state index in [9.17, 15) is 57.8 Å². The van der Waals surface area contributed by atoms with Crippen molar-refractivity contribution in [3.8, 4) is 0 Å². The molecule has 0 fully saturated rings. The number of carboxylic acid groups (broad SMARTS) is 1. The average molecular weight is 1390 g/mol. The number of esters is 10. The van der Waals surface area contributed by atoms with Gasteiger partial charge >= 0.3 is 65.7 Å². The molecule has 0 aromatic carbocycles. The van der Waals surface area contributed by atoms with Gasteiger partial charge < -0.3 is 62.3 Å². The van der Waals surface area contributed by atoms with Crippen molar-refractivity contribution in [1.29, 1.82) is 0 Å². The molecule has 0 aliphatic carbocycles. The van der Waals surface area contributed by atoms with Gasteiger partial charge in [-0.25, -0.2) is 4.79 Å². The molecular formula is C73H128O24. The molecule has 0 bridgehead atoms. The molecule has 24 heteroatoms. The van der Waals surface area contributed by atoms with Gasteiger partial charge in [-0.15, -0.1) is 0 Å². The van der Waals surface area contributed by atoms with Crippen molar-refractivity contribution in [3.05, 3.63) is 12.7 Å². The van der Waals surface area contributed by atoms with Gasteiger partial charge in [-0.1, -0.05) is 74.3 Å². The highest BCUT2D eigenvalue weighted by Gasteiger charge is 2.27. The van der Waals surface area contributed by atoms with E-state index in [2.05, 4.69) is 20.4 Å². The third kappa shape index (κ3) is 65.5. The van der Waals surface area contributed by atoms with Crippen LogP contribution >= 0.6 is 0 Å². The molecule has 0 saturated heterocycles. The molecule has 97 heavy (non-hydrogen) atoms. The van der Waals surface area contributed by atoms with Crippen molar-refractivity contribution in [2.75, 3.05) is 79.3 Å². The average Bonchev–Trinajstić information content (AvgIpc) is 1.56. The molecule has 0 spiro atoms. The SMILES string of the molecule is C=CC(=O)OCCCCOCC(O)COC(=O)CCCCCOC(=O)CCCCCOC(=O)C(C)CC.CCC(C)C(=O)OCCCCCC(=O)OCCCCCC(=O)O.CCCCC(CC)COC(=O)CCCCOC(=O)CCCCCOC(=O)CCCOC(=O)C(C)(C)CC. The molecule has 0 amide bonds. The number of ether oxygens (including phenoxy) is 11. The largest absolute Gasteiger partial charge is 0.481 e. The van der Waals surface area contributed by atoms with Crippen LogP contribution in [0.5, 0.6) is 0 Å². The molecule has 2 N–H and O–H groups in total. The fourth-order valence-corrected chi connectivity index (χ4v) is 8.08. The highest BCUT2D eigenvalue weighted by molar-refractivity contribution is 5.81. The number of carbonyl (C=O) groups is 11. The van der Waals surface area contributed by atoms with E-state index >= 15 is 0 Å². The maximum atomic E-state index is 11.9. The molecule has 0 aliphatic heterocycles. The Morgan fingerprint density at radius 1 is 0.381 bits per heavy atom. The zero-order valence-electron chi connectivity index (χ0n) is 61.0. The molecule has 4 unspecified atom stereocenters. The Morgan fingerprint density at radius 3 is 1.11 bits per heavy atom. The zero-order valence-corrected chi connectivity index (χ0v) is 61.0. The number of rotatable bonds is 61. The van der Waals surface area contributed by atoms with E-state index in [0.717, 1.165) is 96.0 Å². The minimum absolute atomic E-state index is 0.0524. The van der Waals surface area contributed by atoms with E-state index in [0.29, 0.717) is 168 Å². The highest BCUT2D eigenvalue weighted by atomic mass is 16.6. The molecule has 0 heterocycles. The minimum atomic E-state index is -0.901. The molecule has 0 aromatic rings. The van der Waals surface area contributed by atoms with E-state index in [1.165, 1.54) is 0 Å². The van der Waals surface area contributed by atoms with Crippen molar-refractivity contribution in [2.45, 2.75) is 287 Å². The molecule has 0 radical (unpaired) electrons. The summed E-state index contributed by atoms with van der Waals surface area (Å²) in [7, 11) is 0. The number of carboxylic acids is 1. The summed E-state index contributed by atoms with van der Waals surface area (Å²) in [4.78, 5) is 126. The fraction of sp³-hybridized carbons (Fsp3) is 0.822. The van der Waals surface area contributed by atoms with Crippen molar-refractivity contribution < 1.29 is 115 Å². The van der Waals surface area contributed by atoms with E-state index in [1.54, 1.807) is 0 Å². The second-order valence-corrected chi connectivity index (χ2v) is 24.8. The van der Waals surface area contributed by atoms with Crippen molar-refractivity contribution in [1.82, 2.24) is 0 Å². The van der Waals surface area contributed by atoms with E-state index in [1.807, 2.05) is 48.5 Å². The summed E-state index contributed by atoms with van der Waals surface area (Å²) in [5.41, 5.74) is -0.506. The summed E-state index contributed by atoms with van der Waals surface area (Å²) in [6.07, 6.45) is 22.5. The summed E-state index contributed by atoms with van der Waals surface area (Å²) in [6.45, 7) is 24.2. The van der Waals surface area contributed by atoms with Gasteiger partial charge in [-0.3, -0.25) is 47.9 Å². The van der Waals surface area contributed by atoms with Gasteiger partial charge in [0, 0.05) is 57.6 Å². The summed E-state index contributed by atoms with van der Waals surface area (Å²) in [6, 6.07) is 0. The van der Waals surface area contributed by atoms with E-state index in [-0.39, 0.29) is 105 Å². The molecular weight excluding hydrogens is 1260 g/mol. The lowest BCUT2D eigenvalue weighted by molar-refractivity contribution is -0.155. The van der Waals surface area contributed by atoms with Gasteiger partial charge in [-0.2, -0.15) is 0 Å². The van der Waals surface area contributed by atoms with Crippen molar-refractivity contribution >= 4 is 65.7 Å². The van der Waals surface area contributed by atoms with Gasteiger partial charge in [0.05, 0.1) is 83.3 Å². The minimum Gasteiger partial charge on any atom is -0.481 e. The van der Waals surface area contributed by atoms with E-state index in [4.69, 9.17) is 57.2 Å². The number of hydrogen-bond donors (Lipinski definition) is 2. The second-order valence-electron chi connectivity index (χ2n) is 24.8. The van der Waals surface area contributed by atoms with Crippen LogP contribution in [-0.2, 0) is 105 Å². The zero-order chi connectivity index (χ0) is 73.2. The first-order valence-electron chi connectivity index (χ1n) is 36.1. The Labute approximate surface area is 580 Å². The predicted octanol–water partition coefficient (Wildman–Crippen LogP) is 13.3. The highest BCUT2D eigenvalue weighted by Crippen LogP contribution is 2.22. The van der Waals surface area contributed by atoms with Crippen LogP contribution in [0, 0.1) is 23.2 Å². The van der Waals surface area contributed by atoms with Crippen molar-refractivity contribution in [2.24, 2.45) is 23.2 Å². The monoisotopic (exact) mass is 1390 g/mol. The summed E-state index contributed by atoms with van der Waals surface area (Å²) in [5, 5.41) is 18.3. The first-order chi connectivity index (χ1) is 46.4. The molecule has 564 valence electrons. The number of unbranched alkanes of at least 4 members (excludes halogenated alkanes) is 13. The smallest absolute Gasteiger partial charge is 0.330 e. The molecule has 0 aliphatic rings. The number of hydrogen-bond acceptors (Lipinski definition) is 23. The van der Waals surface area contributed by atoms with Crippen LogP contribution in [0.25, 0.3) is 0 Å². The van der Waals surface area contributed by atoms with Crippen LogP contribution in [-0.4, -0.2) is 161 Å². The second kappa shape index (κ2) is 67.0. The Kier molecular flexibility index (Phi) is 65.7. The number of carbonyl (C=O) groups excluding carboxylic acids is 10. The van der Waals surface area contributed by atoms with Gasteiger partial charge in [0.1, 0.15) is 12.7 Å². The van der Waals surface area contributed by atoms with Crippen LogP contribution in [0.2, 0.25) is 0 Å². The Balaban J connectivity index is -0.00000141. The number of aliphatic hydroxyl groups is 1. The molecule has 0 saturated carbocycles. The maximum Gasteiger partial charge on any atom is 0.330 e. The maximum absolute atomic E-state index is 11.9. The fourth-order valence-electron chi connectivity index (χ4n) is 8.08. The molecule has 0 rings (SSSR count). The number of aliphatic carboxylic acids is 1. The van der Waals surface area contributed by atoms with Crippen LogP contribution < -0.4 is 0 Å². The van der Waals surface area contributed by atoms with Gasteiger partial charge in [0.25, 0.3) is 0 Å². The first-order valence-corrected chi connectivity index (χ1v) is 36.1. The molecule has 24 nitrogen and oxygen atoms in total. The lowest BCUT2D eigenvalue weighted by Crippen LogP contribution is -2.26. The van der Waals surface area contributed by atoms with Crippen LogP contribution in [0.15, 0.2) is 12.7 Å². The third-order valence-corrected chi connectivity index (χ3v) is 15.5. The van der Waals surface area contributed by atoms with Gasteiger partial charge in [0.2, 0.25) is 0 Å². The topological polar surface area (TPSA) is 330 Å². The lowest BCUT2D eigenvalue weighted by Gasteiger charge is -2.20. The Morgan fingerprint density at radius 2 is 0.722 bits per heavy atom. The summed E-state index contributed by atoms with van der Waals surface area (Å²) in [5.74, 6) is -3.13. The Bertz CT molecular complexity index is 2090. The van der Waals surface area contributed by atoms with Gasteiger partial charge in [0.15, 0.2) is 0 Å². The standard InChI is InChI=1S/C29H52O8.C27H46O10.C17H30O6/c1-6-9-16-24(7-2)23-37-27(32)18-12-14-21-35-25(30)17-11-10-13-20-34-26(31)19-15-22-36-28(33)29(4,5)8-3;1-4-22(3)27(32)36-19-11-7-8-14-25(30)35-17-10-6-9-15-26(31)37-21-23(28)20-33-16-12-13-18-34-24(29)5-2;1-3-14(2)17(21)23-13-9-5-7-11-16(20)22-12-8-4-6-10-15(18)19/h24H,6-23H2,1-5H3;5,22-23,28H,2,4,6-21H2,1,3H3;14H,3-13H2,1-2H3,(H,18,19). The van der Waals surface area contributed by atoms with Crippen LogP contribution in [0.1, 0.15) is 281 Å². The van der Waals surface area contributed by atoms with Crippen molar-refractivity contribution in [3.63, 3.8) is 0 Å². The molecule has 4 atom stereocenters. The quantitative estimate of drug-likeness (QED) is 0.0247. The van der Waals surface area contributed by atoms with Crippen LogP contribution in [0.3, 0.4) is 0 Å². The lowest BCUT2D eigenvalue weighted by atomic mass is 9.91. The summed E-state index contributed by atoms with van der Waals surface area (Å²) < 4.78 is 56.7. The van der Waals surface area contributed by atoms with Crippen LogP contribution in [0.4, 0.5) is 0 Å². The first kappa shape index (κ1) is 95.0. The predicted molar refractivity (Wildman–Crippen MR) is 365 cm³/mol. The third-order valence-electron chi connectivity index (χ3n) is 15.5. The van der Waals surface area contributed by atoms with E-state index < -0.39 is 29.4 Å². The summed E-state index contributed by atoms with van der Waals surface area (Å²) >= 11 is 0. The normalized spacial score (nSPS) is 12.1. The van der Waals surface area contributed by atoms with Gasteiger partial charge in [-0.05, 0) is 174 Å². The Hall–Kier alpha value is -6.17. The number of aliphatic hydroxyl groups excluding tert-OH is 1. The molecule has 0 aromatic heterocycles.